The van der Waals surface area contributed by atoms with E-state index in [0.29, 0.717) is 17.9 Å². The number of rotatable bonds is 3. The molecular weight excluding hydrogens is 300 g/mol. The van der Waals surface area contributed by atoms with Crippen molar-refractivity contribution in [1.29, 1.82) is 0 Å². The lowest BCUT2D eigenvalue weighted by Gasteiger charge is -2.11. The molecule has 0 bridgehead atoms. The predicted molar refractivity (Wildman–Crippen MR) is 92.9 cm³/mol. The quantitative estimate of drug-likeness (QED) is 0.610. The van der Waals surface area contributed by atoms with E-state index in [2.05, 4.69) is 6.07 Å². The summed E-state index contributed by atoms with van der Waals surface area (Å²) in [6, 6.07) is 12.1. The monoisotopic (exact) mass is 314 g/mol. The molecule has 1 saturated heterocycles. The molecule has 0 amide bonds. The highest BCUT2D eigenvalue weighted by Crippen LogP contribution is 2.36. The summed E-state index contributed by atoms with van der Waals surface area (Å²) in [6.45, 7) is 2.55. The van der Waals surface area contributed by atoms with Crippen LogP contribution in [0, 0.1) is 0 Å². The van der Waals surface area contributed by atoms with Crippen LogP contribution in [-0.4, -0.2) is 16.6 Å². The topological polar surface area (TPSA) is 26.3 Å². The zero-order valence-electron chi connectivity index (χ0n) is 11.6. The van der Waals surface area contributed by atoms with Gasteiger partial charge in [-0.15, -0.1) is 0 Å². The molecule has 0 radical (unpaired) electrons. The van der Waals surface area contributed by atoms with Gasteiger partial charge >= 0.3 is 0 Å². The largest absolute Gasteiger partial charge is 0.493 e. The summed E-state index contributed by atoms with van der Waals surface area (Å²) in [5, 5.41) is 2.22. The number of carbonyl (C=O) groups is 1. The maximum absolute atomic E-state index is 12.0. The zero-order chi connectivity index (χ0) is 14.8. The molecule has 2 aromatic rings. The molecule has 0 saturated carbocycles. The number of fused-ring (bicyclic) bond motifs is 1. The van der Waals surface area contributed by atoms with Gasteiger partial charge in [-0.1, -0.05) is 54.3 Å². The van der Waals surface area contributed by atoms with Gasteiger partial charge in [-0.2, -0.15) is 0 Å². The number of hydrogen-bond donors (Lipinski definition) is 0. The third-order valence-electron chi connectivity index (χ3n) is 3.31. The first-order valence-corrected chi connectivity index (χ1v) is 8.01. The van der Waals surface area contributed by atoms with E-state index < -0.39 is 0 Å². The van der Waals surface area contributed by atoms with Crippen LogP contribution in [0.1, 0.15) is 18.9 Å². The molecule has 0 atom stereocenters. The standard InChI is InChI=1S/C17H14O2S2/c1-2-19-15-8-7-11-5-3-4-6-12(11)13(15)9-16-14(18)10-17(20)21-16/h3-9H,2,10H2,1H3. The van der Waals surface area contributed by atoms with Gasteiger partial charge in [0.15, 0.2) is 5.78 Å². The fourth-order valence-electron chi connectivity index (χ4n) is 2.38. The molecule has 1 heterocycles. The molecule has 3 rings (SSSR count). The normalized spacial score (nSPS) is 16.9. The summed E-state index contributed by atoms with van der Waals surface area (Å²) in [5.74, 6) is 0.898. The molecule has 1 aliphatic rings. The van der Waals surface area contributed by atoms with Gasteiger partial charge in [-0.25, -0.2) is 0 Å². The van der Waals surface area contributed by atoms with Crippen molar-refractivity contribution in [2.45, 2.75) is 13.3 Å². The second kappa shape index (κ2) is 6.00. The van der Waals surface area contributed by atoms with E-state index in [1.807, 2.05) is 43.3 Å². The molecule has 4 heteroatoms. The minimum absolute atomic E-state index is 0.0976. The number of ketones is 1. The molecule has 0 aromatic heterocycles. The van der Waals surface area contributed by atoms with E-state index in [9.17, 15) is 4.79 Å². The Kier molecular flexibility index (Phi) is 4.08. The van der Waals surface area contributed by atoms with Crippen LogP contribution in [0.15, 0.2) is 41.3 Å². The number of hydrogen-bond acceptors (Lipinski definition) is 4. The van der Waals surface area contributed by atoms with Crippen LogP contribution in [0.5, 0.6) is 5.75 Å². The molecule has 2 nitrogen and oxygen atoms in total. The van der Waals surface area contributed by atoms with Crippen molar-refractivity contribution in [2.75, 3.05) is 6.61 Å². The first-order valence-electron chi connectivity index (χ1n) is 6.79. The van der Waals surface area contributed by atoms with Crippen molar-refractivity contribution in [2.24, 2.45) is 0 Å². The number of ether oxygens (including phenoxy) is 1. The average molecular weight is 314 g/mol. The summed E-state index contributed by atoms with van der Waals surface area (Å²) in [7, 11) is 0. The maximum Gasteiger partial charge on any atom is 0.175 e. The highest BCUT2D eigenvalue weighted by molar-refractivity contribution is 8.27. The van der Waals surface area contributed by atoms with Gasteiger partial charge < -0.3 is 4.74 Å². The van der Waals surface area contributed by atoms with Crippen molar-refractivity contribution in [3.05, 3.63) is 46.9 Å². The molecule has 1 aliphatic heterocycles. The molecule has 21 heavy (non-hydrogen) atoms. The van der Waals surface area contributed by atoms with Crippen LogP contribution in [0.4, 0.5) is 0 Å². The molecule has 0 N–H and O–H groups in total. The SMILES string of the molecule is CCOc1ccc2ccccc2c1C=C1SC(=S)CC1=O. The minimum Gasteiger partial charge on any atom is -0.493 e. The third-order valence-corrected chi connectivity index (χ3v) is 4.64. The molecule has 0 spiro atoms. The van der Waals surface area contributed by atoms with Gasteiger partial charge in [-0.3, -0.25) is 4.79 Å². The van der Waals surface area contributed by atoms with Crippen molar-refractivity contribution in [1.82, 2.24) is 0 Å². The van der Waals surface area contributed by atoms with Crippen molar-refractivity contribution < 1.29 is 9.53 Å². The lowest BCUT2D eigenvalue weighted by molar-refractivity contribution is -0.113. The van der Waals surface area contributed by atoms with Gasteiger partial charge in [0.1, 0.15) is 5.75 Å². The Balaban J connectivity index is 2.19. The van der Waals surface area contributed by atoms with Crippen molar-refractivity contribution in [3.8, 4) is 5.75 Å². The summed E-state index contributed by atoms with van der Waals surface area (Å²) in [4.78, 5) is 12.7. The minimum atomic E-state index is 0.0976. The first kappa shape index (κ1) is 14.3. The number of thiocarbonyl (C=S) groups is 1. The molecule has 2 aromatic carbocycles. The second-order valence-corrected chi connectivity index (χ2v) is 6.60. The van der Waals surface area contributed by atoms with Crippen LogP contribution >= 0.6 is 24.0 Å². The fourth-order valence-corrected chi connectivity index (χ4v) is 3.59. The molecule has 0 unspecified atom stereocenters. The van der Waals surface area contributed by atoms with Crippen LogP contribution in [0.25, 0.3) is 16.8 Å². The molecule has 0 aliphatic carbocycles. The molecular formula is C17H14O2S2. The third kappa shape index (κ3) is 2.87. The zero-order valence-corrected chi connectivity index (χ0v) is 13.2. The smallest absolute Gasteiger partial charge is 0.175 e. The highest BCUT2D eigenvalue weighted by Gasteiger charge is 2.23. The van der Waals surface area contributed by atoms with E-state index >= 15 is 0 Å². The summed E-state index contributed by atoms with van der Waals surface area (Å²) in [5.41, 5.74) is 0.954. The van der Waals surface area contributed by atoms with Crippen molar-refractivity contribution >= 4 is 50.8 Å². The Morgan fingerprint density at radius 2 is 2.10 bits per heavy atom. The van der Waals surface area contributed by atoms with Crippen LogP contribution in [0.3, 0.4) is 0 Å². The number of thioether (sulfide) groups is 1. The van der Waals surface area contributed by atoms with Crippen LogP contribution in [-0.2, 0) is 4.79 Å². The Morgan fingerprint density at radius 1 is 1.29 bits per heavy atom. The van der Waals surface area contributed by atoms with Crippen LogP contribution in [0.2, 0.25) is 0 Å². The van der Waals surface area contributed by atoms with E-state index in [1.165, 1.54) is 11.8 Å². The number of benzene rings is 2. The second-order valence-electron chi connectivity index (χ2n) is 4.71. The first-order chi connectivity index (χ1) is 10.2. The molecule has 1 fully saturated rings. The van der Waals surface area contributed by atoms with E-state index in [4.69, 9.17) is 17.0 Å². The predicted octanol–water partition coefficient (Wildman–Crippen LogP) is 4.61. The molecule has 106 valence electrons. The summed E-state index contributed by atoms with van der Waals surface area (Å²) in [6.07, 6.45) is 2.28. The van der Waals surface area contributed by atoms with Gasteiger partial charge in [0.2, 0.25) is 0 Å². The van der Waals surface area contributed by atoms with Gasteiger partial charge in [0.25, 0.3) is 0 Å². The number of Topliss-reactive ketones (excluding diaryl/α,β-unsaturated/α-hetero) is 1. The van der Waals surface area contributed by atoms with E-state index in [-0.39, 0.29) is 5.78 Å². The lowest BCUT2D eigenvalue weighted by Crippen LogP contribution is -1.96. The van der Waals surface area contributed by atoms with Gasteiger partial charge in [0.05, 0.1) is 22.1 Å². The Hall–Kier alpha value is -1.65. The van der Waals surface area contributed by atoms with Gasteiger partial charge in [-0.05, 0) is 29.8 Å². The highest BCUT2D eigenvalue weighted by atomic mass is 32.2. The van der Waals surface area contributed by atoms with Gasteiger partial charge in [0, 0.05) is 5.56 Å². The average Bonchev–Trinajstić information content (AvgIpc) is 2.79. The lowest BCUT2D eigenvalue weighted by atomic mass is 10.0. The Labute approximate surface area is 133 Å². The Morgan fingerprint density at radius 3 is 2.81 bits per heavy atom. The van der Waals surface area contributed by atoms with E-state index in [0.717, 1.165) is 26.3 Å². The number of allylic oxidation sites excluding steroid dienone is 1. The van der Waals surface area contributed by atoms with E-state index in [1.54, 1.807) is 0 Å². The maximum atomic E-state index is 12.0. The summed E-state index contributed by atoms with van der Waals surface area (Å²) >= 11 is 6.53. The Bertz CT molecular complexity index is 762. The summed E-state index contributed by atoms with van der Waals surface area (Å²) < 4.78 is 6.46. The fraction of sp³-hybridized carbons (Fsp3) is 0.176. The van der Waals surface area contributed by atoms with Crippen LogP contribution < -0.4 is 4.74 Å². The van der Waals surface area contributed by atoms with Crippen molar-refractivity contribution in [3.63, 3.8) is 0 Å². The number of carbonyl (C=O) groups excluding carboxylic acids is 1.